The van der Waals surface area contributed by atoms with Gasteiger partial charge in [0, 0.05) is 22.5 Å². The first kappa shape index (κ1) is 14.6. The van der Waals surface area contributed by atoms with Gasteiger partial charge in [-0.3, -0.25) is 4.79 Å². The number of alkyl halides is 1. The molecule has 0 bridgehead atoms. The van der Waals surface area contributed by atoms with E-state index in [2.05, 4.69) is 42.2 Å². The van der Waals surface area contributed by atoms with Gasteiger partial charge < -0.3 is 5.32 Å². The molecule has 0 atom stereocenters. The van der Waals surface area contributed by atoms with Crippen LogP contribution in [0.4, 0.5) is 0 Å². The summed E-state index contributed by atoms with van der Waals surface area (Å²) < 4.78 is 0.733. The Hall–Kier alpha value is -0.420. The van der Waals surface area contributed by atoms with E-state index in [4.69, 9.17) is 0 Å². The monoisotopic (exact) mass is 362 g/mol. The summed E-state index contributed by atoms with van der Waals surface area (Å²) in [7, 11) is 0. The molecule has 0 saturated carbocycles. The molecule has 1 amide bonds. The summed E-state index contributed by atoms with van der Waals surface area (Å²) in [5.74, 6) is -0.113. The molecular weight excluding hydrogens is 348 g/mol. The number of amides is 1. The molecule has 1 heterocycles. The summed E-state index contributed by atoms with van der Waals surface area (Å²) >= 11 is 6.71. The summed E-state index contributed by atoms with van der Waals surface area (Å²) in [6.45, 7) is 0.712. The molecule has 1 aromatic rings. The van der Waals surface area contributed by atoms with Gasteiger partial charge in [-0.2, -0.15) is 0 Å². The van der Waals surface area contributed by atoms with Crippen molar-refractivity contribution in [2.24, 2.45) is 0 Å². The molecule has 5 heteroatoms. The van der Waals surface area contributed by atoms with Crippen LogP contribution in [0.3, 0.4) is 0 Å². The average Bonchev–Trinajstić information content (AvgIpc) is 2.34. The number of carbonyl (C=O) groups excluding carboxylic acids is 1. The van der Waals surface area contributed by atoms with E-state index >= 15 is 0 Å². The summed E-state index contributed by atoms with van der Waals surface area (Å²) in [6.07, 6.45) is 6.18. The van der Waals surface area contributed by atoms with Crippen LogP contribution in [0.2, 0.25) is 0 Å². The number of pyridine rings is 1. The quantitative estimate of drug-likeness (QED) is 0.594. The standard InChI is InChI=1S/C12H16Br2N2O/c13-7-3-1-2-4-8-16-12(17)11-10(14)6-5-9-15-11/h5-6,9H,1-4,7-8H2,(H,16,17). The average molecular weight is 364 g/mol. The van der Waals surface area contributed by atoms with Crippen LogP contribution < -0.4 is 5.32 Å². The van der Waals surface area contributed by atoms with E-state index in [0.717, 1.165) is 22.6 Å². The highest BCUT2D eigenvalue weighted by Crippen LogP contribution is 2.12. The Labute approximate surface area is 119 Å². The Morgan fingerprint density at radius 3 is 2.76 bits per heavy atom. The number of halogens is 2. The molecule has 0 fully saturated rings. The number of nitrogens with zero attached hydrogens (tertiary/aromatic N) is 1. The zero-order valence-corrected chi connectivity index (χ0v) is 12.8. The number of aromatic nitrogens is 1. The van der Waals surface area contributed by atoms with Crippen molar-refractivity contribution in [3.05, 3.63) is 28.5 Å². The molecule has 94 valence electrons. The van der Waals surface area contributed by atoms with Gasteiger partial charge in [-0.05, 0) is 40.9 Å². The third kappa shape index (κ3) is 5.64. The van der Waals surface area contributed by atoms with E-state index in [-0.39, 0.29) is 5.91 Å². The zero-order valence-electron chi connectivity index (χ0n) is 9.59. The first-order valence-electron chi connectivity index (χ1n) is 5.70. The molecule has 0 unspecified atom stereocenters. The molecule has 1 aromatic heterocycles. The fourth-order valence-corrected chi connectivity index (χ4v) is 2.24. The van der Waals surface area contributed by atoms with Crippen molar-refractivity contribution in [3.63, 3.8) is 0 Å². The number of carbonyl (C=O) groups is 1. The lowest BCUT2D eigenvalue weighted by molar-refractivity contribution is 0.0947. The summed E-state index contributed by atoms with van der Waals surface area (Å²) in [4.78, 5) is 15.8. The van der Waals surface area contributed by atoms with Gasteiger partial charge in [0.25, 0.3) is 5.91 Å². The molecule has 0 spiro atoms. The van der Waals surface area contributed by atoms with E-state index in [1.807, 2.05) is 6.07 Å². The van der Waals surface area contributed by atoms with Gasteiger partial charge in [-0.15, -0.1) is 0 Å². The molecule has 1 N–H and O–H groups in total. The normalized spacial score (nSPS) is 10.2. The maximum Gasteiger partial charge on any atom is 0.271 e. The molecule has 0 radical (unpaired) electrons. The lowest BCUT2D eigenvalue weighted by Gasteiger charge is -2.05. The Balaban J connectivity index is 2.24. The van der Waals surface area contributed by atoms with Crippen LogP contribution in [-0.4, -0.2) is 22.8 Å². The second kappa shape index (κ2) is 8.64. The minimum atomic E-state index is -0.113. The van der Waals surface area contributed by atoms with Crippen LogP contribution in [0, 0.1) is 0 Å². The Morgan fingerprint density at radius 2 is 2.06 bits per heavy atom. The van der Waals surface area contributed by atoms with Gasteiger partial charge in [0.05, 0.1) is 0 Å². The summed E-state index contributed by atoms with van der Waals surface area (Å²) in [5, 5.41) is 3.93. The van der Waals surface area contributed by atoms with Gasteiger partial charge in [0.2, 0.25) is 0 Å². The minimum absolute atomic E-state index is 0.113. The lowest BCUT2D eigenvalue weighted by atomic mass is 10.2. The molecule has 0 aromatic carbocycles. The van der Waals surface area contributed by atoms with Crippen molar-refractivity contribution in [3.8, 4) is 0 Å². The predicted molar refractivity (Wildman–Crippen MR) is 76.5 cm³/mol. The van der Waals surface area contributed by atoms with Crippen molar-refractivity contribution in [1.29, 1.82) is 0 Å². The van der Waals surface area contributed by atoms with Crippen LogP contribution >= 0.6 is 31.9 Å². The van der Waals surface area contributed by atoms with Crippen molar-refractivity contribution in [2.45, 2.75) is 25.7 Å². The molecule has 1 rings (SSSR count). The fraction of sp³-hybridized carbons (Fsp3) is 0.500. The second-order valence-corrected chi connectivity index (χ2v) is 5.34. The topological polar surface area (TPSA) is 42.0 Å². The molecule has 0 aliphatic rings. The summed E-state index contributed by atoms with van der Waals surface area (Å²) in [6, 6.07) is 3.61. The lowest BCUT2D eigenvalue weighted by Crippen LogP contribution is -2.25. The van der Waals surface area contributed by atoms with E-state index in [0.29, 0.717) is 12.2 Å². The van der Waals surface area contributed by atoms with E-state index in [1.54, 1.807) is 12.3 Å². The van der Waals surface area contributed by atoms with Gasteiger partial charge >= 0.3 is 0 Å². The van der Waals surface area contributed by atoms with Crippen molar-refractivity contribution < 1.29 is 4.79 Å². The Kier molecular flexibility index (Phi) is 7.44. The van der Waals surface area contributed by atoms with Crippen LogP contribution in [0.15, 0.2) is 22.8 Å². The fourth-order valence-electron chi connectivity index (χ4n) is 1.41. The molecule has 0 aliphatic carbocycles. The third-order valence-electron chi connectivity index (χ3n) is 2.32. The number of rotatable bonds is 7. The highest BCUT2D eigenvalue weighted by atomic mass is 79.9. The molecule has 0 saturated heterocycles. The molecule has 0 aliphatic heterocycles. The maximum absolute atomic E-state index is 11.7. The largest absolute Gasteiger partial charge is 0.351 e. The van der Waals surface area contributed by atoms with Gasteiger partial charge in [0.1, 0.15) is 5.69 Å². The first-order chi connectivity index (χ1) is 8.25. The highest BCUT2D eigenvalue weighted by molar-refractivity contribution is 9.10. The van der Waals surface area contributed by atoms with Crippen LogP contribution in [-0.2, 0) is 0 Å². The molecule has 17 heavy (non-hydrogen) atoms. The van der Waals surface area contributed by atoms with Crippen molar-refractivity contribution >= 4 is 37.8 Å². The van der Waals surface area contributed by atoms with Crippen molar-refractivity contribution in [2.75, 3.05) is 11.9 Å². The first-order valence-corrected chi connectivity index (χ1v) is 7.62. The van der Waals surface area contributed by atoms with Gasteiger partial charge in [-0.1, -0.05) is 28.8 Å². The predicted octanol–water partition coefficient (Wildman–Crippen LogP) is 3.53. The van der Waals surface area contributed by atoms with Crippen molar-refractivity contribution in [1.82, 2.24) is 10.3 Å². The van der Waals surface area contributed by atoms with Crippen LogP contribution in [0.1, 0.15) is 36.2 Å². The van der Waals surface area contributed by atoms with Gasteiger partial charge in [-0.25, -0.2) is 4.98 Å². The van der Waals surface area contributed by atoms with E-state index < -0.39 is 0 Å². The van der Waals surface area contributed by atoms with E-state index in [1.165, 1.54) is 12.8 Å². The maximum atomic E-state index is 11.7. The zero-order chi connectivity index (χ0) is 12.5. The smallest absolute Gasteiger partial charge is 0.271 e. The Bertz CT molecular complexity index is 358. The van der Waals surface area contributed by atoms with Crippen LogP contribution in [0.25, 0.3) is 0 Å². The number of unbranched alkanes of at least 4 members (excludes halogenated alkanes) is 3. The number of nitrogens with one attached hydrogen (secondary N) is 1. The highest BCUT2D eigenvalue weighted by Gasteiger charge is 2.09. The van der Waals surface area contributed by atoms with Crippen LogP contribution in [0.5, 0.6) is 0 Å². The SMILES string of the molecule is O=C(NCCCCCCBr)c1ncccc1Br. The minimum Gasteiger partial charge on any atom is -0.351 e. The molecule has 3 nitrogen and oxygen atoms in total. The third-order valence-corrected chi connectivity index (χ3v) is 3.52. The van der Waals surface area contributed by atoms with E-state index in [9.17, 15) is 4.79 Å². The number of hydrogen-bond donors (Lipinski definition) is 1. The second-order valence-electron chi connectivity index (χ2n) is 3.69. The summed E-state index contributed by atoms with van der Waals surface area (Å²) in [5.41, 5.74) is 0.452. The van der Waals surface area contributed by atoms with Gasteiger partial charge in [0.15, 0.2) is 0 Å². The number of hydrogen-bond acceptors (Lipinski definition) is 2. The molecular formula is C12H16Br2N2O. The Morgan fingerprint density at radius 1 is 1.29 bits per heavy atom.